The predicted octanol–water partition coefficient (Wildman–Crippen LogP) is 3.03. The lowest BCUT2D eigenvalue weighted by atomic mass is 9.96. The maximum Gasteiger partial charge on any atom is 0.316 e. The summed E-state index contributed by atoms with van der Waals surface area (Å²) < 4.78 is 10.8. The summed E-state index contributed by atoms with van der Waals surface area (Å²) in [6.45, 7) is 7.08. The number of carbonyl (C=O) groups excluding carboxylic acids is 1. The van der Waals surface area contributed by atoms with Crippen molar-refractivity contribution >= 4 is 45.1 Å². The lowest BCUT2D eigenvalue weighted by Gasteiger charge is -2.26. The molecular weight excluding hydrogens is 346 g/mol. The van der Waals surface area contributed by atoms with Crippen molar-refractivity contribution in [2.45, 2.75) is 45.1 Å². The third kappa shape index (κ3) is 3.50. The Morgan fingerprint density at radius 3 is 3.00 bits per heavy atom. The number of hydrogen-bond donors (Lipinski definition) is 1. The van der Waals surface area contributed by atoms with Gasteiger partial charge in [0.1, 0.15) is 10.6 Å². The molecule has 1 aliphatic heterocycles. The molecule has 0 aliphatic carbocycles. The molecule has 24 heavy (non-hydrogen) atoms. The number of esters is 1. The zero-order valence-corrected chi connectivity index (χ0v) is 15.6. The average molecular weight is 367 g/mol. The molecule has 0 amide bonds. The molecule has 2 N–H and O–H groups in total. The summed E-state index contributed by atoms with van der Waals surface area (Å²) in [6, 6.07) is 0. The lowest BCUT2D eigenvalue weighted by Crippen LogP contribution is -2.26. The van der Waals surface area contributed by atoms with Crippen LogP contribution in [0.2, 0.25) is 0 Å². The van der Waals surface area contributed by atoms with Gasteiger partial charge in [-0.05, 0) is 18.4 Å². The van der Waals surface area contributed by atoms with Gasteiger partial charge in [-0.3, -0.25) is 4.79 Å². The first-order valence-electron chi connectivity index (χ1n) is 7.97. The fraction of sp³-hybridized carbons (Fsp3) is 0.562. The van der Waals surface area contributed by atoms with Crippen LogP contribution in [0.4, 0.5) is 5.82 Å². The SMILES string of the molecule is CCOC(=O)CSc1nc(N)c2c3c(sc2n1)COC(C(C)C)C3. The number of thioether (sulfide) groups is 1. The summed E-state index contributed by atoms with van der Waals surface area (Å²) in [7, 11) is 0. The second-order valence-corrected chi connectivity index (χ2v) is 7.99. The number of nitrogens with zero attached hydrogens (tertiary/aromatic N) is 2. The molecule has 1 aliphatic rings. The molecule has 8 heteroatoms. The first kappa shape index (κ1) is 17.4. The highest BCUT2D eigenvalue weighted by molar-refractivity contribution is 7.99. The molecule has 1 unspecified atom stereocenters. The van der Waals surface area contributed by atoms with Crippen LogP contribution in [0.5, 0.6) is 0 Å². The summed E-state index contributed by atoms with van der Waals surface area (Å²) in [6.07, 6.45) is 1.04. The van der Waals surface area contributed by atoms with Gasteiger partial charge in [0.25, 0.3) is 0 Å². The van der Waals surface area contributed by atoms with E-state index in [2.05, 4.69) is 23.8 Å². The molecule has 130 valence electrons. The molecule has 0 fully saturated rings. The number of anilines is 1. The second kappa shape index (κ2) is 7.25. The van der Waals surface area contributed by atoms with Crippen LogP contribution in [0.15, 0.2) is 5.16 Å². The van der Waals surface area contributed by atoms with Gasteiger partial charge >= 0.3 is 5.97 Å². The Kier molecular flexibility index (Phi) is 5.27. The molecule has 0 bridgehead atoms. The smallest absolute Gasteiger partial charge is 0.316 e. The standard InChI is InChI=1S/C16H21N3O3S2/c1-4-21-12(20)7-23-16-18-14(17)13-9-5-10(8(2)3)22-6-11(9)24-15(13)19-16/h8,10H,4-7H2,1-3H3,(H2,17,18,19). The Labute approximate surface area is 149 Å². The average Bonchev–Trinajstić information content (AvgIpc) is 2.91. The first-order chi connectivity index (χ1) is 11.5. The third-order valence-corrected chi connectivity index (χ3v) is 5.86. The van der Waals surface area contributed by atoms with Crippen molar-refractivity contribution in [2.75, 3.05) is 18.1 Å². The predicted molar refractivity (Wildman–Crippen MR) is 96.3 cm³/mol. The number of nitrogen functional groups attached to an aromatic ring is 1. The van der Waals surface area contributed by atoms with Crippen LogP contribution in [0.3, 0.4) is 0 Å². The second-order valence-electron chi connectivity index (χ2n) is 5.97. The maximum absolute atomic E-state index is 11.5. The summed E-state index contributed by atoms with van der Waals surface area (Å²) in [5.41, 5.74) is 7.42. The summed E-state index contributed by atoms with van der Waals surface area (Å²) in [5, 5.41) is 1.46. The fourth-order valence-electron chi connectivity index (χ4n) is 2.71. The lowest BCUT2D eigenvalue weighted by molar-refractivity contribution is -0.139. The number of ether oxygens (including phenoxy) is 2. The van der Waals surface area contributed by atoms with Crippen LogP contribution in [-0.4, -0.2) is 34.4 Å². The van der Waals surface area contributed by atoms with Crippen molar-refractivity contribution in [3.63, 3.8) is 0 Å². The van der Waals surface area contributed by atoms with Crippen LogP contribution < -0.4 is 5.73 Å². The normalized spacial score (nSPS) is 17.2. The molecular formula is C16H21N3O3S2. The van der Waals surface area contributed by atoms with Gasteiger partial charge in [-0.1, -0.05) is 25.6 Å². The van der Waals surface area contributed by atoms with Gasteiger partial charge in [0.2, 0.25) is 0 Å². The number of thiophene rings is 1. The molecule has 0 saturated heterocycles. The zero-order chi connectivity index (χ0) is 17.3. The fourth-order valence-corrected chi connectivity index (χ4v) is 4.54. The molecule has 0 radical (unpaired) electrons. The Morgan fingerprint density at radius 2 is 2.29 bits per heavy atom. The topological polar surface area (TPSA) is 87.3 Å². The minimum Gasteiger partial charge on any atom is -0.465 e. The van der Waals surface area contributed by atoms with Gasteiger partial charge in [0, 0.05) is 11.3 Å². The van der Waals surface area contributed by atoms with E-state index in [1.807, 2.05) is 0 Å². The monoisotopic (exact) mass is 367 g/mol. The van der Waals surface area contributed by atoms with Gasteiger partial charge < -0.3 is 15.2 Å². The molecule has 6 nitrogen and oxygen atoms in total. The molecule has 0 aromatic carbocycles. The van der Waals surface area contributed by atoms with E-state index < -0.39 is 0 Å². The van der Waals surface area contributed by atoms with Crippen molar-refractivity contribution in [1.29, 1.82) is 0 Å². The molecule has 2 aromatic rings. The first-order valence-corrected chi connectivity index (χ1v) is 9.77. The van der Waals surface area contributed by atoms with Gasteiger partial charge in [-0.15, -0.1) is 11.3 Å². The van der Waals surface area contributed by atoms with E-state index in [1.54, 1.807) is 18.3 Å². The molecule has 0 saturated carbocycles. The van der Waals surface area contributed by atoms with E-state index in [1.165, 1.54) is 22.2 Å². The summed E-state index contributed by atoms with van der Waals surface area (Å²) >= 11 is 2.85. The highest BCUT2D eigenvalue weighted by Gasteiger charge is 2.27. The van der Waals surface area contributed by atoms with E-state index in [0.29, 0.717) is 30.1 Å². The minimum atomic E-state index is -0.275. The number of fused-ring (bicyclic) bond motifs is 3. The van der Waals surface area contributed by atoms with Crippen LogP contribution in [0.1, 0.15) is 31.2 Å². The van der Waals surface area contributed by atoms with Crippen LogP contribution in [0, 0.1) is 5.92 Å². The number of hydrogen-bond acceptors (Lipinski definition) is 8. The number of carbonyl (C=O) groups is 1. The van der Waals surface area contributed by atoms with E-state index in [-0.39, 0.29) is 17.8 Å². The molecule has 0 spiro atoms. The van der Waals surface area contributed by atoms with E-state index in [9.17, 15) is 4.79 Å². The van der Waals surface area contributed by atoms with Crippen molar-refractivity contribution in [2.24, 2.45) is 5.92 Å². The Morgan fingerprint density at radius 1 is 1.50 bits per heavy atom. The highest BCUT2D eigenvalue weighted by atomic mass is 32.2. The van der Waals surface area contributed by atoms with Crippen molar-refractivity contribution in [3.05, 3.63) is 10.4 Å². The number of nitrogens with two attached hydrogens (primary N) is 1. The van der Waals surface area contributed by atoms with Crippen molar-refractivity contribution in [3.8, 4) is 0 Å². The van der Waals surface area contributed by atoms with Gasteiger partial charge in [-0.2, -0.15) is 0 Å². The maximum atomic E-state index is 11.5. The minimum absolute atomic E-state index is 0.183. The van der Waals surface area contributed by atoms with Gasteiger partial charge in [0.15, 0.2) is 5.16 Å². The van der Waals surface area contributed by atoms with E-state index >= 15 is 0 Å². The molecule has 2 aromatic heterocycles. The zero-order valence-electron chi connectivity index (χ0n) is 14.0. The van der Waals surface area contributed by atoms with Gasteiger partial charge in [-0.25, -0.2) is 9.97 Å². The Bertz CT molecular complexity index is 761. The number of rotatable bonds is 5. The Hall–Kier alpha value is -1.38. The van der Waals surface area contributed by atoms with E-state index in [0.717, 1.165) is 16.6 Å². The summed E-state index contributed by atoms with van der Waals surface area (Å²) in [5.74, 6) is 0.842. The third-order valence-electron chi connectivity index (χ3n) is 3.94. The summed E-state index contributed by atoms with van der Waals surface area (Å²) in [4.78, 5) is 22.5. The molecule has 1 atom stereocenters. The van der Waals surface area contributed by atoms with Crippen LogP contribution in [-0.2, 0) is 27.3 Å². The molecule has 3 heterocycles. The van der Waals surface area contributed by atoms with Crippen molar-refractivity contribution < 1.29 is 14.3 Å². The quantitative estimate of drug-likeness (QED) is 0.494. The number of aromatic nitrogens is 2. The van der Waals surface area contributed by atoms with Crippen molar-refractivity contribution in [1.82, 2.24) is 9.97 Å². The largest absolute Gasteiger partial charge is 0.465 e. The highest BCUT2D eigenvalue weighted by Crippen LogP contribution is 2.39. The van der Waals surface area contributed by atoms with Crippen LogP contribution >= 0.6 is 23.1 Å². The van der Waals surface area contributed by atoms with Gasteiger partial charge in [0.05, 0.1) is 30.5 Å². The van der Waals surface area contributed by atoms with E-state index in [4.69, 9.17) is 15.2 Å². The van der Waals surface area contributed by atoms with Crippen LogP contribution in [0.25, 0.3) is 10.2 Å². The molecule has 3 rings (SSSR count). The Balaban J connectivity index is 1.87.